The standard InChI is InChI=1S/C19H26N6O3S/c1-3-12(23-11(2)26)17(28)24-14(8-6-10-22-19(20)21)16(27)18-25-13-7-4-5-9-15(13)29-18/h4-5,7,9,12,14H,3,6,8,10H2,1-2H3,(H,23,26)(H,24,28)(H4,20,21,22). The van der Waals surface area contributed by atoms with Crippen LogP contribution in [-0.2, 0) is 9.59 Å². The van der Waals surface area contributed by atoms with Crippen molar-refractivity contribution in [2.75, 3.05) is 6.54 Å². The first kappa shape index (κ1) is 22.3. The first-order valence-corrected chi connectivity index (χ1v) is 10.2. The quantitative estimate of drug-likeness (QED) is 0.195. The first-order valence-electron chi connectivity index (χ1n) is 9.34. The second kappa shape index (κ2) is 10.5. The molecule has 0 spiro atoms. The third kappa shape index (κ3) is 6.53. The van der Waals surface area contributed by atoms with Gasteiger partial charge in [0.25, 0.3) is 0 Å². The Balaban J connectivity index is 2.18. The van der Waals surface area contributed by atoms with Crippen LogP contribution in [0.2, 0.25) is 0 Å². The number of Topliss-reactive ketones (excluding diaryl/α,β-unsaturated/α-hetero) is 1. The summed E-state index contributed by atoms with van der Waals surface area (Å²) in [5.74, 6) is -1.03. The predicted octanol–water partition coefficient (Wildman–Crippen LogP) is 0.932. The Bertz CT molecular complexity index is 873. The summed E-state index contributed by atoms with van der Waals surface area (Å²) in [7, 11) is 0. The second-order valence-corrected chi connectivity index (χ2v) is 7.55. The number of fused-ring (bicyclic) bond motifs is 1. The van der Waals surface area contributed by atoms with Crippen molar-refractivity contribution in [3.05, 3.63) is 29.3 Å². The van der Waals surface area contributed by atoms with Gasteiger partial charge in [-0.3, -0.25) is 19.4 Å². The molecule has 0 bridgehead atoms. The number of rotatable bonds is 10. The van der Waals surface area contributed by atoms with Crippen molar-refractivity contribution in [1.82, 2.24) is 15.6 Å². The molecule has 2 rings (SSSR count). The lowest BCUT2D eigenvalue weighted by Crippen LogP contribution is -2.51. The number of guanidine groups is 1. The number of nitrogens with two attached hydrogens (primary N) is 2. The Morgan fingerprint density at radius 1 is 1.17 bits per heavy atom. The van der Waals surface area contributed by atoms with Crippen LogP contribution in [0.25, 0.3) is 10.2 Å². The van der Waals surface area contributed by atoms with Gasteiger partial charge in [0.05, 0.1) is 16.3 Å². The smallest absolute Gasteiger partial charge is 0.243 e. The summed E-state index contributed by atoms with van der Waals surface area (Å²) in [5.41, 5.74) is 11.4. The van der Waals surface area contributed by atoms with Gasteiger partial charge in [-0.05, 0) is 31.4 Å². The highest BCUT2D eigenvalue weighted by molar-refractivity contribution is 7.20. The van der Waals surface area contributed by atoms with Gasteiger partial charge in [0.15, 0.2) is 11.0 Å². The van der Waals surface area contributed by atoms with Crippen LogP contribution >= 0.6 is 11.3 Å². The van der Waals surface area contributed by atoms with Crippen molar-refractivity contribution < 1.29 is 14.4 Å². The van der Waals surface area contributed by atoms with Crippen molar-refractivity contribution >= 4 is 45.1 Å². The molecule has 156 valence electrons. The minimum absolute atomic E-state index is 0.0280. The molecule has 0 aliphatic carbocycles. The van der Waals surface area contributed by atoms with Gasteiger partial charge < -0.3 is 22.1 Å². The molecule has 2 amide bonds. The normalized spacial score (nSPS) is 12.8. The van der Waals surface area contributed by atoms with Gasteiger partial charge in [0.2, 0.25) is 17.6 Å². The summed E-state index contributed by atoms with van der Waals surface area (Å²) in [6, 6.07) is 5.95. The molecule has 2 atom stereocenters. The number of benzene rings is 1. The Labute approximate surface area is 173 Å². The number of nitrogens with zero attached hydrogens (tertiary/aromatic N) is 2. The zero-order valence-corrected chi connectivity index (χ0v) is 17.3. The van der Waals surface area contributed by atoms with Crippen molar-refractivity contribution in [1.29, 1.82) is 0 Å². The zero-order valence-electron chi connectivity index (χ0n) is 16.5. The van der Waals surface area contributed by atoms with Gasteiger partial charge in [-0.25, -0.2) is 4.98 Å². The summed E-state index contributed by atoms with van der Waals surface area (Å²) < 4.78 is 0.895. The Morgan fingerprint density at radius 2 is 1.90 bits per heavy atom. The number of carbonyl (C=O) groups excluding carboxylic acids is 3. The molecule has 0 aliphatic rings. The summed E-state index contributed by atoms with van der Waals surface area (Å²) in [6.07, 6.45) is 1.24. The van der Waals surface area contributed by atoms with Crippen LogP contribution in [0.15, 0.2) is 29.3 Å². The predicted molar refractivity (Wildman–Crippen MR) is 114 cm³/mol. The molecule has 2 unspecified atom stereocenters. The molecule has 9 nitrogen and oxygen atoms in total. The third-order valence-electron chi connectivity index (χ3n) is 4.19. The monoisotopic (exact) mass is 418 g/mol. The molecule has 1 heterocycles. The number of ketones is 1. The molecule has 10 heteroatoms. The van der Waals surface area contributed by atoms with Gasteiger partial charge in [-0.2, -0.15) is 0 Å². The van der Waals surface area contributed by atoms with E-state index >= 15 is 0 Å². The van der Waals surface area contributed by atoms with E-state index in [9.17, 15) is 14.4 Å². The minimum Gasteiger partial charge on any atom is -0.370 e. The number of aliphatic imine (C=N–C) groups is 1. The first-order chi connectivity index (χ1) is 13.8. The second-order valence-electron chi connectivity index (χ2n) is 6.52. The topological polar surface area (TPSA) is 153 Å². The van der Waals surface area contributed by atoms with Crippen LogP contribution in [0.5, 0.6) is 0 Å². The van der Waals surface area contributed by atoms with Crippen LogP contribution in [0.4, 0.5) is 0 Å². The number of thiazole rings is 1. The number of hydrogen-bond acceptors (Lipinski definition) is 6. The fourth-order valence-corrected chi connectivity index (χ4v) is 3.73. The van der Waals surface area contributed by atoms with E-state index in [-0.39, 0.29) is 17.6 Å². The average molecular weight is 419 g/mol. The average Bonchev–Trinajstić information content (AvgIpc) is 3.11. The van der Waals surface area contributed by atoms with Crippen molar-refractivity contribution in [2.45, 2.75) is 45.2 Å². The van der Waals surface area contributed by atoms with Crippen LogP contribution in [-0.4, -0.2) is 47.2 Å². The SMILES string of the molecule is CCC(NC(C)=O)C(=O)NC(CCCN=C(N)N)C(=O)c1nc2ccccc2s1. The van der Waals surface area contributed by atoms with E-state index in [4.69, 9.17) is 11.5 Å². The molecule has 2 aromatic rings. The summed E-state index contributed by atoms with van der Waals surface area (Å²) in [6.45, 7) is 3.46. The fourth-order valence-electron chi connectivity index (χ4n) is 2.77. The lowest BCUT2D eigenvalue weighted by molar-refractivity contribution is -0.128. The van der Waals surface area contributed by atoms with Crippen LogP contribution in [0.3, 0.4) is 0 Å². The molecule has 29 heavy (non-hydrogen) atoms. The van der Waals surface area contributed by atoms with Gasteiger partial charge in [-0.15, -0.1) is 11.3 Å². The van der Waals surface area contributed by atoms with E-state index in [0.29, 0.717) is 30.8 Å². The largest absolute Gasteiger partial charge is 0.370 e. The maximum Gasteiger partial charge on any atom is 0.243 e. The van der Waals surface area contributed by atoms with Crippen LogP contribution in [0.1, 0.15) is 42.9 Å². The lowest BCUT2D eigenvalue weighted by Gasteiger charge is -2.21. The number of carbonyl (C=O) groups is 3. The van der Waals surface area contributed by atoms with E-state index in [1.54, 1.807) is 6.92 Å². The van der Waals surface area contributed by atoms with Crippen molar-refractivity contribution in [3.8, 4) is 0 Å². The summed E-state index contributed by atoms with van der Waals surface area (Å²) in [4.78, 5) is 45.3. The van der Waals surface area contributed by atoms with E-state index in [1.807, 2.05) is 24.3 Å². The van der Waals surface area contributed by atoms with Crippen LogP contribution < -0.4 is 22.1 Å². The number of hydrogen-bond donors (Lipinski definition) is 4. The molecule has 6 N–H and O–H groups in total. The molecule has 0 radical (unpaired) electrons. The van der Waals surface area contributed by atoms with Gasteiger partial charge >= 0.3 is 0 Å². The van der Waals surface area contributed by atoms with E-state index in [1.165, 1.54) is 18.3 Å². The Kier molecular flexibility index (Phi) is 8.08. The van der Waals surface area contributed by atoms with E-state index in [0.717, 1.165) is 10.2 Å². The molecule has 0 saturated heterocycles. The van der Waals surface area contributed by atoms with E-state index < -0.39 is 18.0 Å². The van der Waals surface area contributed by atoms with Gasteiger partial charge in [0.1, 0.15) is 6.04 Å². The highest BCUT2D eigenvalue weighted by Crippen LogP contribution is 2.23. The fraction of sp³-hybridized carbons (Fsp3) is 0.421. The maximum absolute atomic E-state index is 13.1. The minimum atomic E-state index is -0.792. The van der Waals surface area contributed by atoms with Crippen molar-refractivity contribution in [2.24, 2.45) is 16.5 Å². The maximum atomic E-state index is 13.1. The van der Waals surface area contributed by atoms with Gasteiger partial charge in [0, 0.05) is 13.5 Å². The molecule has 1 aromatic carbocycles. The highest BCUT2D eigenvalue weighted by atomic mass is 32.1. The number of amides is 2. The molecule has 0 fully saturated rings. The highest BCUT2D eigenvalue weighted by Gasteiger charge is 2.27. The van der Waals surface area contributed by atoms with Gasteiger partial charge in [-0.1, -0.05) is 19.1 Å². The summed E-state index contributed by atoms with van der Waals surface area (Å²) >= 11 is 1.28. The molecule has 0 saturated carbocycles. The molecule has 0 aliphatic heterocycles. The number of para-hydroxylation sites is 1. The van der Waals surface area contributed by atoms with Crippen molar-refractivity contribution in [3.63, 3.8) is 0 Å². The number of nitrogens with one attached hydrogen (secondary N) is 2. The Morgan fingerprint density at radius 3 is 2.52 bits per heavy atom. The lowest BCUT2D eigenvalue weighted by atomic mass is 10.1. The molecular weight excluding hydrogens is 392 g/mol. The van der Waals surface area contributed by atoms with Crippen LogP contribution in [0, 0.1) is 0 Å². The van der Waals surface area contributed by atoms with E-state index in [2.05, 4.69) is 20.6 Å². The summed E-state index contributed by atoms with van der Waals surface area (Å²) in [5, 5.41) is 5.67. The number of aromatic nitrogens is 1. The molecule has 1 aromatic heterocycles. The Hall–Kier alpha value is -3.01. The molecular formula is C19H26N6O3S. The third-order valence-corrected chi connectivity index (χ3v) is 5.24. The zero-order chi connectivity index (χ0) is 21.4.